The maximum Gasteiger partial charge on any atom is 0.324 e. The van der Waals surface area contributed by atoms with Crippen LogP contribution in [-0.2, 0) is 23.4 Å². The molecule has 1 atom stereocenters. The first-order chi connectivity index (χ1) is 15.9. The number of imide groups is 1. The molecule has 2 aliphatic rings. The van der Waals surface area contributed by atoms with Crippen molar-refractivity contribution in [3.05, 3.63) is 41.5 Å². The molecular formula is C23H30FN5O4. The highest BCUT2D eigenvalue weighted by Gasteiger charge is 2.31. The second-order valence-electron chi connectivity index (χ2n) is 8.93. The molecular weight excluding hydrogens is 429 g/mol. The van der Waals surface area contributed by atoms with Crippen molar-refractivity contribution in [2.24, 2.45) is 5.92 Å². The molecule has 9 nitrogen and oxygen atoms in total. The van der Waals surface area contributed by atoms with Gasteiger partial charge in [0.15, 0.2) is 0 Å². The van der Waals surface area contributed by atoms with Gasteiger partial charge in [0.05, 0.1) is 25.0 Å². The number of aromatic nitrogens is 3. The summed E-state index contributed by atoms with van der Waals surface area (Å²) in [6.07, 6.45) is 6.41. The molecule has 1 aliphatic heterocycles. The predicted molar refractivity (Wildman–Crippen MR) is 117 cm³/mol. The van der Waals surface area contributed by atoms with Crippen LogP contribution in [-0.4, -0.2) is 56.6 Å². The van der Waals surface area contributed by atoms with E-state index in [1.807, 2.05) is 6.92 Å². The van der Waals surface area contributed by atoms with Gasteiger partial charge < -0.3 is 14.7 Å². The fourth-order valence-corrected chi connectivity index (χ4v) is 3.95. The molecule has 33 heavy (non-hydrogen) atoms. The van der Waals surface area contributed by atoms with Crippen molar-refractivity contribution in [3.63, 3.8) is 0 Å². The summed E-state index contributed by atoms with van der Waals surface area (Å²) in [5, 5.41) is 21.8. The van der Waals surface area contributed by atoms with Crippen molar-refractivity contribution >= 4 is 11.9 Å². The van der Waals surface area contributed by atoms with E-state index in [9.17, 15) is 19.1 Å². The monoisotopic (exact) mass is 459 g/mol. The normalized spacial score (nSPS) is 17.8. The lowest BCUT2D eigenvalue weighted by atomic mass is 9.90. The van der Waals surface area contributed by atoms with Gasteiger partial charge in [-0.1, -0.05) is 12.1 Å². The number of halogens is 1. The van der Waals surface area contributed by atoms with E-state index in [4.69, 9.17) is 4.74 Å². The number of rotatable bonds is 12. The number of benzene rings is 1. The standard InChI is InChI=1S/C23H30FN5O4/c1-2-23(32,17-9-18(24)11-20(10-17)33-14-16-6-7-16)15-29-19(12-25-27-29)5-3-4-8-28-13-21(30)26-22(28)31/h9-12,16,32H,2-8,13-15H2,1H3,(H,26,30,31)/t23-/m1/s1. The number of nitrogens with one attached hydrogen (secondary N) is 1. The first-order valence-corrected chi connectivity index (χ1v) is 11.5. The predicted octanol–water partition coefficient (Wildman–Crippen LogP) is 2.38. The smallest absolute Gasteiger partial charge is 0.324 e. The highest BCUT2D eigenvalue weighted by Crippen LogP contribution is 2.33. The number of nitrogens with zero attached hydrogens (tertiary/aromatic N) is 4. The van der Waals surface area contributed by atoms with Crippen LogP contribution in [0.5, 0.6) is 5.75 Å². The number of aryl methyl sites for hydroxylation is 1. The number of hydrogen-bond donors (Lipinski definition) is 2. The third-order valence-corrected chi connectivity index (χ3v) is 6.26. The highest BCUT2D eigenvalue weighted by molar-refractivity contribution is 6.01. The molecule has 2 N–H and O–H groups in total. The molecule has 0 unspecified atom stereocenters. The SMILES string of the molecule is CC[C@@](O)(Cn1nncc1CCCCN1CC(=O)NC1=O)c1cc(F)cc(OCC2CC2)c1. The average molecular weight is 460 g/mol. The fourth-order valence-electron chi connectivity index (χ4n) is 3.95. The summed E-state index contributed by atoms with van der Waals surface area (Å²) in [7, 11) is 0. The Kier molecular flexibility index (Phi) is 6.92. The van der Waals surface area contributed by atoms with E-state index in [0.29, 0.717) is 43.2 Å². The molecule has 1 aliphatic carbocycles. The average Bonchev–Trinajstić information content (AvgIpc) is 3.43. The number of aliphatic hydroxyl groups is 1. The third-order valence-electron chi connectivity index (χ3n) is 6.26. The van der Waals surface area contributed by atoms with Crippen LogP contribution < -0.4 is 10.1 Å². The molecule has 2 fully saturated rings. The summed E-state index contributed by atoms with van der Waals surface area (Å²) in [5.41, 5.74) is -0.0524. The zero-order valence-corrected chi connectivity index (χ0v) is 18.8. The number of amides is 3. The van der Waals surface area contributed by atoms with Crippen LogP contribution in [0.4, 0.5) is 9.18 Å². The van der Waals surface area contributed by atoms with Gasteiger partial charge >= 0.3 is 6.03 Å². The maximum absolute atomic E-state index is 14.3. The van der Waals surface area contributed by atoms with Crippen LogP contribution in [0.25, 0.3) is 0 Å². The van der Waals surface area contributed by atoms with Crippen LogP contribution in [0, 0.1) is 11.7 Å². The molecule has 10 heteroatoms. The molecule has 2 aromatic rings. The largest absolute Gasteiger partial charge is 0.493 e. The van der Waals surface area contributed by atoms with Crippen LogP contribution in [0.3, 0.4) is 0 Å². The molecule has 1 aromatic heterocycles. The van der Waals surface area contributed by atoms with E-state index in [2.05, 4.69) is 15.6 Å². The second-order valence-corrected chi connectivity index (χ2v) is 8.93. The molecule has 0 radical (unpaired) electrons. The quantitative estimate of drug-likeness (QED) is 0.373. The third kappa shape index (κ3) is 5.87. The number of urea groups is 1. The van der Waals surface area contributed by atoms with Crippen molar-refractivity contribution in [1.29, 1.82) is 0 Å². The highest BCUT2D eigenvalue weighted by atomic mass is 19.1. The Labute approximate surface area is 191 Å². The summed E-state index contributed by atoms with van der Waals surface area (Å²) < 4.78 is 21.7. The van der Waals surface area contributed by atoms with Gasteiger partial charge in [0.1, 0.15) is 23.7 Å². The van der Waals surface area contributed by atoms with Crippen LogP contribution in [0.2, 0.25) is 0 Å². The Morgan fingerprint density at radius 3 is 2.79 bits per heavy atom. The molecule has 0 bridgehead atoms. The van der Waals surface area contributed by atoms with E-state index in [1.165, 1.54) is 17.0 Å². The minimum atomic E-state index is -1.34. The van der Waals surface area contributed by atoms with Gasteiger partial charge in [-0.2, -0.15) is 0 Å². The molecule has 178 valence electrons. The Balaban J connectivity index is 1.37. The van der Waals surface area contributed by atoms with Gasteiger partial charge in [-0.15, -0.1) is 5.10 Å². The van der Waals surface area contributed by atoms with E-state index in [1.54, 1.807) is 16.9 Å². The van der Waals surface area contributed by atoms with Crippen molar-refractivity contribution in [2.45, 2.75) is 57.6 Å². The summed E-state index contributed by atoms with van der Waals surface area (Å²) in [4.78, 5) is 24.4. The number of hydrogen-bond acceptors (Lipinski definition) is 6. The van der Waals surface area contributed by atoms with Crippen molar-refractivity contribution in [1.82, 2.24) is 25.2 Å². The van der Waals surface area contributed by atoms with E-state index in [-0.39, 0.29) is 25.0 Å². The minimum Gasteiger partial charge on any atom is -0.493 e. The Morgan fingerprint density at radius 2 is 2.09 bits per heavy atom. The van der Waals surface area contributed by atoms with Crippen LogP contribution >= 0.6 is 0 Å². The van der Waals surface area contributed by atoms with Gasteiger partial charge in [-0.25, -0.2) is 13.9 Å². The topological polar surface area (TPSA) is 110 Å². The Bertz CT molecular complexity index is 1010. The van der Waals surface area contributed by atoms with Gasteiger partial charge in [-0.05, 0) is 62.1 Å². The number of carbonyl (C=O) groups excluding carboxylic acids is 2. The van der Waals surface area contributed by atoms with E-state index < -0.39 is 11.4 Å². The van der Waals surface area contributed by atoms with Gasteiger partial charge in [0.2, 0.25) is 5.91 Å². The van der Waals surface area contributed by atoms with Crippen LogP contribution in [0.1, 0.15) is 50.3 Å². The molecule has 1 saturated heterocycles. The summed E-state index contributed by atoms with van der Waals surface area (Å²) >= 11 is 0. The molecule has 3 amide bonds. The molecule has 0 spiro atoms. The first kappa shape index (κ1) is 23.2. The van der Waals surface area contributed by atoms with Crippen molar-refractivity contribution in [3.8, 4) is 5.75 Å². The van der Waals surface area contributed by atoms with Crippen LogP contribution in [0.15, 0.2) is 24.4 Å². The summed E-state index contributed by atoms with van der Waals surface area (Å²) in [5.74, 6) is 0.236. The lowest BCUT2D eigenvalue weighted by molar-refractivity contribution is -0.118. The number of carbonyl (C=O) groups is 2. The van der Waals surface area contributed by atoms with E-state index >= 15 is 0 Å². The lowest BCUT2D eigenvalue weighted by Crippen LogP contribution is -2.32. The Hall–Kier alpha value is -3.01. The fraction of sp³-hybridized carbons (Fsp3) is 0.565. The lowest BCUT2D eigenvalue weighted by Gasteiger charge is -2.28. The Morgan fingerprint density at radius 1 is 1.27 bits per heavy atom. The van der Waals surface area contributed by atoms with Gasteiger partial charge in [-0.3, -0.25) is 10.1 Å². The van der Waals surface area contributed by atoms with Gasteiger partial charge in [0.25, 0.3) is 0 Å². The zero-order chi connectivity index (χ0) is 23.4. The molecule has 1 aromatic carbocycles. The van der Waals surface area contributed by atoms with Gasteiger partial charge in [0, 0.05) is 12.6 Å². The number of ether oxygens (including phenoxy) is 1. The maximum atomic E-state index is 14.3. The summed E-state index contributed by atoms with van der Waals surface area (Å²) in [6, 6.07) is 4.03. The molecule has 2 heterocycles. The minimum absolute atomic E-state index is 0.0991. The molecule has 4 rings (SSSR count). The van der Waals surface area contributed by atoms with Crippen molar-refractivity contribution < 1.29 is 23.8 Å². The van der Waals surface area contributed by atoms with E-state index in [0.717, 1.165) is 31.4 Å². The molecule has 1 saturated carbocycles. The zero-order valence-electron chi connectivity index (χ0n) is 18.8. The summed E-state index contributed by atoms with van der Waals surface area (Å²) in [6.45, 7) is 3.13. The van der Waals surface area contributed by atoms with Crippen molar-refractivity contribution in [2.75, 3.05) is 19.7 Å². The first-order valence-electron chi connectivity index (χ1n) is 11.5. The number of unbranched alkanes of at least 4 members (excludes halogenated alkanes) is 1. The second kappa shape index (κ2) is 9.86.